The van der Waals surface area contributed by atoms with Crippen LogP contribution >= 0.6 is 15.9 Å². The molecule has 6 nitrogen and oxygen atoms in total. The van der Waals surface area contributed by atoms with Gasteiger partial charge in [0.1, 0.15) is 5.60 Å². The fourth-order valence-electron chi connectivity index (χ4n) is 2.66. The number of hydrogen-bond acceptors (Lipinski definition) is 6. The standard InChI is InChI=1S/C22H30BrN3O3/c1-15-18(23)10-11-19(20(15)24)26(25)12-5-13-28-14-16-6-8-17(9-7-16)21(27)29-22(2,3)4/h6-11H,5,12-14,24-25H2,1-4H3. The molecule has 0 amide bonds. The number of hydrazine groups is 1. The number of ether oxygens (including phenoxy) is 2. The summed E-state index contributed by atoms with van der Waals surface area (Å²) in [5.74, 6) is 5.81. The van der Waals surface area contributed by atoms with Crippen LogP contribution in [-0.2, 0) is 16.1 Å². The second-order valence-electron chi connectivity index (χ2n) is 7.90. The molecule has 2 aromatic carbocycles. The molecule has 0 aliphatic carbocycles. The van der Waals surface area contributed by atoms with Gasteiger partial charge in [-0.2, -0.15) is 0 Å². The maximum atomic E-state index is 12.0. The van der Waals surface area contributed by atoms with Crippen LogP contribution in [0.15, 0.2) is 40.9 Å². The highest BCUT2D eigenvalue weighted by Gasteiger charge is 2.17. The van der Waals surface area contributed by atoms with Crippen molar-refractivity contribution < 1.29 is 14.3 Å². The molecule has 0 fully saturated rings. The minimum atomic E-state index is -0.505. The van der Waals surface area contributed by atoms with Gasteiger partial charge in [0.15, 0.2) is 0 Å². The fourth-order valence-corrected chi connectivity index (χ4v) is 3.01. The molecule has 0 aliphatic heterocycles. The van der Waals surface area contributed by atoms with Gasteiger partial charge in [0, 0.05) is 17.6 Å². The van der Waals surface area contributed by atoms with E-state index in [0.29, 0.717) is 31.0 Å². The van der Waals surface area contributed by atoms with E-state index in [4.69, 9.17) is 21.1 Å². The Balaban J connectivity index is 1.75. The van der Waals surface area contributed by atoms with E-state index < -0.39 is 5.60 Å². The predicted molar refractivity (Wildman–Crippen MR) is 121 cm³/mol. The normalized spacial score (nSPS) is 11.4. The lowest BCUT2D eigenvalue weighted by atomic mass is 10.1. The molecule has 0 heterocycles. The molecule has 0 spiro atoms. The third-order valence-electron chi connectivity index (χ3n) is 4.28. The summed E-state index contributed by atoms with van der Waals surface area (Å²) in [5.41, 5.74) is 9.62. The van der Waals surface area contributed by atoms with E-state index in [9.17, 15) is 4.79 Å². The summed E-state index contributed by atoms with van der Waals surface area (Å²) in [7, 11) is 0. The molecule has 29 heavy (non-hydrogen) atoms. The smallest absolute Gasteiger partial charge is 0.338 e. The summed E-state index contributed by atoms with van der Waals surface area (Å²) >= 11 is 3.46. The first kappa shape index (κ1) is 23.2. The zero-order valence-corrected chi connectivity index (χ0v) is 19.1. The molecule has 2 aromatic rings. The number of halogens is 1. The van der Waals surface area contributed by atoms with Gasteiger partial charge in [0.2, 0.25) is 0 Å². The molecule has 0 saturated heterocycles. The van der Waals surface area contributed by atoms with Crippen LogP contribution in [0.5, 0.6) is 0 Å². The van der Waals surface area contributed by atoms with Crippen molar-refractivity contribution in [1.29, 1.82) is 0 Å². The minimum Gasteiger partial charge on any atom is -0.456 e. The Morgan fingerprint density at radius 2 is 1.79 bits per heavy atom. The number of carbonyl (C=O) groups is 1. The third-order valence-corrected chi connectivity index (χ3v) is 5.14. The Kier molecular flexibility index (Phi) is 8.07. The number of nitrogens with zero attached hydrogens (tertiary/aromatic N) is 1. The third kappa shape index (κ3) is 7.03. The van der Waals surface area contributed by atoms with Gasteiger partial charge in [0.05, 0.1) is 23.5 Å². The van der Waals surface area contributed by atoms with Crippen LogP contribution in [0.3, 0.4) is 0 Å². The zero-order valence-electron chi connectivity index (χ0n) is 17.5. The Labute approximate surface area is 181 Å². The van der Waals surface area contributed by atoms with Gasteiger partial charge in [-0.3, -0.25) is 0 Å². The summed E-state index contributed by atoms with van der Waals surface area (Å²) in [6, 6.07) is 11.1. The molecule has 158 valence electrons. The lowest BCUT2D eigenvalue weighted by Gasteiger charge is -2.22. The predicted octanol–water partition coefficient (Wildman–Crippen LogP) is 4.58. The maximum Gasteiger partial charge on any atom is 0.338 e. The Hall–Kier alpha value is -2.09. The van der Waals surface area contributed by atoms with Crippen molar-refractivity contribution in [2.75, 3.05) is 23.9 Å². The lowest BCUT2D eigenvalue weighted by molar-refractivity contribution is 0.00694. The Morgan fingerprint density at radius 1 is 1.14 bits per heavy atom. The summed E-state index contributed by atoms with van der Waals surface area (Å²) in [4.78, 5) is 12.0. The molecular formula is C22H30BrN3O3. The van der Waals surface area contributed by atoms with Crippen LogP contribution in [0.2, 0.25) is 0 Å². The average molecular weight is 464 g/mol. The second kappa shape index (κ2) is 10.1. The zero-order chi connectivity index (χ0) is 21.6. The van der Waals surface area contributed by atoms with Gasteiger partial charge < -0.3 is 20.2 Å². The van der Waals surface area contributed by atoms with Crippen molar-refractivity contribution in [2.24, 2.45) is 5.84 Å². The van der Waals surface area contributed by atoms with Crippen LogP contribution in [-0.4, -0.2) is 24.7 Å². The minimum absolute atomic E-state index is 0.324. The number of carbonyl (C=O) groups excluding carboxylic acids is 1. The SMILES string of the molecule is Cc1c(Br)ccc(N(N)CCCOCc2ccc(C(=O)OC(C)(C)C)cc2)c1N. The van der Waals surface area contributed by atoms with Gasteiger partial charge >= 0.3 is 5.97 Å². The molecule has 0 atom stereocenters. The quantitative estimate of drug-likeness (QED) is 0.195. The van der Waals surface area contributed by atoms with E-state index in [1.165, 1.54) is 0 Å². The number of hydrogen-bond donors (Lipinski definition) is 2. The van der Waals surface area contributed by atoms with Crippen molar-refractivity contribution in [3.05, 3.63) is 57.6 Å². The van der Waals surface area contributed by atoms with Crippen LogP contribution in [0.4, 0.5) is 11.4 Å². The first-order valence-electron chi connectivity index (χ1n) is 9.55. The topological polar surface area (TPSA) is 90.8 Å². The van der Waals surface area contributed by atoms with Gasteiger partial charge in [-0.1, -0.05) is 28.1 Å². The van der Waals surface area contributed by atoms with Crippen molar-refractivity contribution in [3.63, 3.8) is 0 Å². The van der Waals surface area contributed by atoms with Gasteiger partial charge in [0.25, 0.3) is 0 Å². The average Bonchev–Trinajstić information content (AvgIpc) is 2.65. The summed E-state index contributed by atoms with van der Waals surface area (Å²) in [5, 5.41) is 1.65. The van der Waals surface area contributed by atoms with E-state index in [-0.39, 0.29) is 5.97 Å². The first-order valence-corrected chi connectivity index (χ1v) is 10.3. The van der Waals surface area contributed by atoms with Crippen LogP contribution in [0, 0.1) is 6.92 Å². The molecule has 0 saturated carbocycles. The number of anilines is 2. The van der Waals surface area contributed by atoms with Gasteiger partial charge in [-0.25, -0.2) is 10.6 Å². The number of benzene rings is 2. The molecule has 0 aromatic heterocycles. The maximum absolute atomic E-state index is 12.0. The van der Waals surface area contributed by atoms with Crippen molar-refractivity contribution in [1.82, 2.24) is 0 Å². The molecule has 2 rings (SSSR count). The first-order chi connectivity index (χ1) is 13.6. The van der Waals surface area contributed by atoms with Crippen molar-refractivity contribution in [3.8, 4) is 0 Å². The molecule has 0 bridgehead atoms. The van der Waals surface area contributed by atoms with E-state index in [0.717, 1.165) is 27.7 Å². The van der Waals surface area contributed by atoms with E-state index in [2.05, 4.69) is 15.9 Å². The van der Waals surface area contributed by atoms with Gasteiger partial charge in [-0.05, 0) is 69.5 Å². The van der Waals surface area contributed by atoms with Crippen LogP contribution in [0.1, 0.15) is 48.7 Å². The van der Waals surface area contributed by atoms with E-state index in [1.807, 2.05) is 52.0 Å². The fraction of sp³-hybridized carbons (Fsp3) is 0.409. The number of esters is 1. The monoisotopic (exact) mass is 463 g/mol. The molecule has 4 N–H and O–H groups in total. The summed E-state index contributed by atoms with van der Waals surface area (Å²) < 4.78 is 12.0. The van der Waals surface area contributed by atoms with Crippen LogP contribution < -0.4 is 16.6 Å². The highest BCUT2D eigenvalue weighted by atomic mass is 79.9. The number of nitrogen functional groups attached to an aromatic ring is 1. The number of rotatable bonds is 8. The molecule has 0 aliphatic rings. The van der Waals surface area contributed by atoms with E-state index >= 15 is 0 Å². The second-order valence-corrected chi connectivity index (χ2v) is 8.76. The van der Waals surface area contributed by atoms with Gasteiger partial charge in [-0.15, -0.1) is 0 Å². The highest BCUT2D eigenvalue weighted by molar-refractivity contribution is 9.10. The summed E-state index contributed by atoms with van der Waals surface area (Å²) in [6.45, 7) is 9.16. The van der Waals surface area contributed by atoms with Crippen LogP contribution in [0.25, 0.3) is 0 Å². The lowest BCUT2D eigenvalue weighted by Crippen LogP contribution is -2.33. The van der Waals surface area contributed by atoms with Crippen molar-refractivity contribution in [2.45, 2.75) is 46.3 Å². The van der Waals surface area contributed by atoms with Crippen molar-refractivity contribution >= 4 is 33.3 Å². The summed E-state index contributed by atoms with van der Waals surface area (Å²) in [6.07, 6.45) is 0.765. The molecule has 7 heteroatoms. The Morgan fingerprint density at radius 3 is 2.41 bits per heavy atom. The largest absolute Gasteiger partial charge is 0.456 e. The molecular weight excluding hydrogens is 434 g/mol. The van der Waals surface area contributed by atoms with E-state index in [1.54, 1.807) is 17.1 Å². The molecule has 0 unspecified atom stereocenters. The highest BCUT2D eigenvalue weighted by Crippen LogP contribution is 2.30. The Bertz CT molecular complexity index is 832. The number of nitrogens with two attached hydrogens (primary N) is 2. The molecule has 0 radical (unpaired) electrons.